The third-order valence-corrected chi connectivity index (χ3v) is 5.12. The minimum absolute atomic E-state index is 0.173. The third-order valence-electron chi connectivity index (χ3n) is 5.12. The maximum Gasteiger partial charge on any atom is 0.128 e. The van der Waals surface area contributed by atoms with E-state index < -0.39 is 0 Å². The highest BCUT2D eigenvalue weighted by molar-refractivity contribution is 5.82. The number of anilines is 1. The summed E-state index contributed by atoms with van der Waals surface area (Å²) < 4.78 is 0. The number of hydrogen-bond donors (Lipinski definition) is 1. The molecule has 0 radical (unpaired) electrons. The van der Waals surface area contributed by atoms with Crippen molar-refractivity contribution in [3.05, 3.63) is 42.4 Å². The number of hydrogen-bond acceptors (Lipinski definition) is 3. The maximum absolute atomic E-state index is 4.94. The number of nitrogens with one attached hydrogen (secondary N) is 1. The van der Waals surface area contributed by atoms with Gasteiger partial charge >= 0.3 is 0 Å². The fourth-order valence-corrected chi connectivity index (χ4v) is 3.56. The van der Waals surface area contributed by atoms with Crippen molar-refractivity contribution in [2.45, 2.75) is 47.0 Å². The van der Waals surface area contributed by atoms with Crippen molar-refractivity contribution < 1.29 is 0 Å². The average Bonchev–Trinajstić information content (AvgIpc) is 3.01. The molecule has 2 aromatic heterocycles. The van der Waals surface area contributed by atoms with Crippen molar-refractivity contribution in [2.75, 3.05) is 19.0 Å². The normalized spacial score (nSPS) is 13.3. The smallest absolute Gasteiger partial charge is 0.128 e. The molecule has 1 atom stereocenters. The fourth-order valence-electron chi connectivity index (χ4n) is 3.56. The van der Waals surface area contributed by atoms with E-state index in [2.05, 4.69) is 74.9 Å². The summed E-state index contributed by atoms with van der Waals surface area (Å²) in [6, 6.07) is 10.7. The third kappa shape index (κ3) is 4.32. The maximum atomic E-state index is 4.94. The molecule has 2 heterocycles. The monoisotopic (exact) mass is 364 g/mol. The first-order valence-electron chi connectivity index (χ1n) is 9.78. The van der Waals surface area contributed by atoms with Gasteiger partial charge in [-0.3, -0.25) is 0 Å². The molecule has 0 saturated carbocycles. The van der Waals surface area contributed by atoms with Gasteiger partial charge in [-0.25, -0.2) is 9.97 Å². The summed E-state index contributed by atoms with van der Waals surface area (Å²) in [5.74, 6) is 3.11. The van der Waals surface area contributed by atoms with Gasteiger partial charge in [-0.15, -0.1) is 0 Å². The first-order valence-corrected chi connectivity index (χ1v) is 9.78. The van der Waals surface area contributed by atoms with Crippen molar-refractivity contribution in [2.24, 2.45) is 11.3 Å². The molecule has 144 valence electrons. The minimum atomic E-state index is 0.173. The van der Waals surface area contributed by atoms with Gasteiger partial charge in [0, 0.05) is 26.2 Å². The molecular weight excluding hydrogens is 332 g/mol. The Morgan fingerprint density at radius 2 is 1.74 bits per heavy atom. The average molecular weight is 365 g/mol. The zero-order valence-corrected chi connectivity index (χ0v) is 17.7. The van der Waals surface area contributed by atoms with Crippen molar-refractivity contribution in [3.63, 3.8) is 0 Å². The Morgan fingerprint density at radius 1 is 1.04 bits per heavy atom. The molecule has 3 rings (SSSR count). The molecule has 4 nitrogen and oxygen atoms in total. The van der Waals surface area contributed by atoms with Gasteiger partial charge < -0.3 is 9.88 Å². The summed E-state index contributed by atoms with van der Waals surface area (Å²) in [7, 11) is 4.02. The number of aromatic amines is 1. The van der Waals surface area contributed by atoms with Crippen LogP contribution in [-0.4, -0.2) is 29.0 Å². The highest BCUT2D eigenvalue weighted by Crippen LogP contribution is 2.39. The van der Waals surface area contributed by atoms with Gasteiger partial charge in [-0.2, -0.15) is 0 Å². The van der Waals surface area contributed by atoms with E-state index in [0.29, 0.717) is 11.8 Å². The molecule has 0 spiro atoms. The predicted molar refractivity (Wildman–Crippen MR) is 115 cm³/mol. The number of pyridine rings is 1. The highest BCUT2D eigenvalue weighted by atomic mass is 15.1. The van der Waals surface area contributed by atoms with E-state index >= 15 is 0 Å². The lowest BCUT2D eigenvalue weighted by Gasteiger charge is -2.30. The van der Waals surface area contributed by atoms with Crippen molar-refractivity contribution in [1.82, 2.24) is 15.0 Å². The molecule has 0 aliphatic rings. The summed E-state index contributed by atoms with van der Waals surface area (Å²) in [5, 5.41) is 0. The van der Waals surface area contributed by atoms with Crippen LogP contribution in [0, 0.1) is 11.3 Å². The molecule has 1 N–H and O–H groups in total. The molecule has 0 fully saturated rings. The van der Waals surface area contributed by atoms with Crippen LogP contribution in [0.15, 0.2) is 36.5 Å². The van der Waals surface area contributed by atoms with Gasteiger partial charge in [-0.1, -0.05) is 40.7 Å². The zero-order chi connectivity index (χ0) is 19.8. The number of benzene rings is 1. The zero-order valence-electron chi connectivity index (χ0n) is 17.7. The summed E-state index contributed by atoms with van der Waals surface area (Å²) in [4.78, 5) is 15.0. The lowest BCUT2D eigenvalue weighted by atomic mass is 9.76. The van der Waals surface area contributed by atoms with E-state index in [1.165, 1.54) is 11.1 Å². The van der Waals surface area contributed by atoms with Crippen LogP contribution in [0.1, 0.15) is 52.8 Å². The summed E-state index contributed by atoms with van der Waals surface area (Å²) in [6.07, 6.45) is 3.00. The molecule has 0 amide bonds. The van der Waals surface area contributed by atoms with Gasteiger partial charge in [0.15, 0.2) is 0 Å². The molecule has 0 saturated heterocycles. The van der Waals surface area contributed by atoms with Crippen LogP contribution in [0.25, 0.3) is 22.2 Å². The number of H-pyrrole nitrogens is 1. The van der Waals surface area contributed by atoms with Crippen molar-refractivity contribution >= 4 is 16.9 Å². The lowest BCUT2D eigenvalue weighted by Crippen LogP contribution is -2.21. The van der Waals surface area contributed by atoms with Gasteiger partial charge in [0.2, 0.25) is 0 Å². The standard InChI is InChI=1S/C23H32N4/c1-15(2)12-18(23(3,4)5)22-25-19-9-8-16(13-20(19)26-22)17-10-11-24-21(14-17)27(6)7/h8-11,13-15,18H,12H2,1-7H3,(H,25,26). The van der Waals surface area contributed by atoms with E-state index in [-0.39, 0.29) is 5.41 Å². The van der Waals surface area contributed by atoms with E-state index in [1.54, 1.807) is 0 Å². The molecule has 3 aromatic rings. The minimum Gasteiger partial charge on any atom is -0.363 e. The first-order chi connectivity index (χ1) is 12.6. The number of imidazole rings is 1. The molecule has 1 aromatic carbocycles. The number of aromatic nitrogens is 3. The molecule has 1 unspecified atom stereocenters. The Kier molecular flexibility index (Phi) is 5.27. The lowest BCUT2D eigenvalue weighted by molar-refractivity contribution is 0.271. The second kappa shape index (κ2) is 7.34. The molecule has 4 heteroatoms. The Balaban J connectivity index is 2.01. The summed E-state index contributed by atoms with van der Waals surface area (Å²) in [6.45, 7) is 11.5. The highest BCUT2D eigenvalue weighted by Gasteiger charge is 2.29. The second-order valence-electron chi connectivity index (χ2n) is 9.20. The van der Waals surface area contributed by atoms with Gasteiger partial charge in [-0.05, 0) is 53.1 Å². The molecule has 27 heavy (non-hydrogen) atoms. The number of rotatable bonds is 5. The van der Waals surface area contributed by atoms with E-state index in [1.807, 2.05) is 25.2 Å². The van der Waals surface area contributed by atoms with E-state index in [9.17, 15) is 0 Å². The second-order valence-corrected chi connectivity index (χ2v) is 9.20. The Bertz CT molecular complexity index is 916. The van der Waals surface area contributed by atoms with Crippen LogP contribution in [0.2, 0.25) is 0 Å². The Labute approximate surface area is 163 Å². The molecule has 0 bridgehead atoms. The van der Waals surface area contributed by atoms with E-state index in [0.717, 1.165) is 29.1 Å². The number of nitrogens with zero attached hydrogens (tertiary/aromatic N) is 3. The molecule has 0 aliphatic heterocycles. The Hall–Kier alpha value is -2.36. The molecular formula is C23H32N4. The van der Waals surface area contributed by atoms with Crippen LogP contribution in [-0.2, 0) is 0 Å². The largest absolute Gasteiger partial charge is 0.363 e. The van der Waals surface area contributed by atoms with Crippen LogP contribution >= 0.6 is 0 Å². The molecule has 0 aliphatic carbocycles. The van der Waals surface area contributed by atoms with Crippen LogP contribution in [0.4, 0.5) is 5.82 Å². The Morgan fingerprint density at radius 3 is 2.37 bits per heavy atom. The van der Waals surface area contributed by atoms with E-state index in [4.69, 9.17) is 4.98 Å². The van der Waals surface area contributed by atoms with Gasteiger partial charge in [0.25, 0.3) is 0 Å². The summed E-state index contributed by atoms with van der Waals surface area (Å²) >= 11 is 0. The van der Waals surface area contributed by atoms with Gasteiger partial charge in [0.05, 0.1) is 11.0 Å². The summed E-state index contributed by atoms with van der Waals surface area (Å²) in [5.41, 5.74) is 4.66. The predicted octanol–water partition coefficient (Wildman–Crippen LogP) is 5.87. The van der Waals surface area contributed by atoms with Crippen LogP contribution < -0.4 is 4.90 Å². The number of fused-ring (bicyclic) bond motifs is 1. The first kappa shape index (κ1) is 19.4. The van der Waals surface area contributed by atoms with Crippen molar-refractivity contribution in [3.8, 4) is 11.1 Å². The van der Waals surface area contributed by atoms with Gasteiger partial charge in [0.1, 0.15) is 11.6 Å². The fraction of sp³-hybridized carbons (Fsp3) is 0.478. The SMILES string of the molecule is CC(C)CC(c1nc2ccc(-c3ccnc(N(C)C)c3)cc2[nH]1)C(C)(C)C. The van der Waals surface area contributed by atoms with Crippen molar-refractivity contribution in [1.29, 1.82) is 0 Å². The topological polar surface area (TPSA) is 44.8 Å². The van der Waals surface area contributed by atoms with Crippen LogP contribution in [0.3, 0.4) is 0 Å². The quantitative estimate of drug-likeness (QED) is 0.616. The van der Waals surface area contributed by atoms with Crippen LogP contribution in [0.5, 0.6) is 0 Å².